The fourth-order valence-electron chi connectivity index (χ4n) is 4.90. The number of benzene rings is 2. The van der Waals surface area contributed by atoms with Crippen LogP contribution in [0, 0.1) is 0 Å². The molecule has 0 bridgehead atoms. The first-order valence-corrected chi connectivity index (χ1v) is 13.9. The fraction of sp³-hybridized carbons (Fsp3) is 0.233. The molecule has 38 heavy (non-hydrogen) atoms. The number of nitrogens with zero attached hydrogens (tertiary/aromatic N) is 3. The van der Waals surface area contributed by atoms with Crippen molar-refractivity contribution in [1.29, 1.82) is 0 Å². The van der Waals surface area contributed by atoms with Crippen LogP contribution >= 0.6 is 22.9 Å². The fourth-order valence-corrected chi connectivity index (χ4v) is 6.35. The maximum atomic E-state index is 14.2. The molecular weight excluding hydrogens is 516 g/mol. The second-order valence-electron chi connectivity index (χ2n) is 9.23. The molecule has 0 aliphatic carbocycles. The zero-order valence-electron chi connectivity index (χ0n) is 21.3. The molecule has 2 unspecified atom stereocenters. The number of amides is 1. The number of rotatable bonds is 8. The summed E-state index contributed by atoms with van der Waals surface area (Å²) in [5.74, 6) is -0.252. The van der Waals surface area contributed by atoms with Crippen molar-refractivity contribution in [2.75, 3.05) is 0 Å². The van der Waals surface area contributed by atoms with Gasteiger partial charge in [0.2, 0.25) is 0 Å². The SMILES string of the molecule is CCC(N)N(C(=O)c1sc2ccccc2c1Cl)C(CC)c1nc2ccccn2c(=O)c1Cc1ccccc1. The summed E-state index contributed by atoms with van der Waals surface area (Å²) in [6.45, 7) is 3.93. The molecule has 5 rings (SSSR count). The van der Waals surface area contributed by atoms with Gasteiger partial charge >= 0.3 is 0 Å². The maximum absolute atomic E-state index is 14.2. The van der Waals surface area contributed by atoms with Gasteiger partial charge in [-0.15, -0.1) is 11.3 Å². The van der Waals surface area contributed by atoms with Crippen molar-refractivity contribution in [2.45, 2.75) is 45.3 Å². The van der Waals surface area contributed by atoms with Gasteiger partial charge < -0.3 is 10.6 Å². The highest BCUT2D eigenvalue weighted by molar-refractivity contribution is 7.21. The predicted molar refractivity (Wildman–Crippen MR) is 155 cm³/mol. The molecule has 0 aliphatic heterocycles. The number of carbonyl (C=O) groups excluding carboxylic acids is 1. The third kappa shape index (κ3) is 4.73. The van der Waals surface area contributed by atoms with E-state index in [1.54, 1.807) is 21.6 Å². The normalized spacial score (nSPS) is 13.1. The minimum atomic E-state index is -0.589. The van der Waals surface area contributed by atoms with Crippen molar-refractivity contribution in [2.24, 2.45) is 5.73 Å². The lowest BCUT2D eigenvalue weighted by Gasteiger charge is -2.36. The summed E-state index contributed by atoms with van der Waals surface area (Å²) >= 11 is 8.09. The second kappa shape index (κ2) is 11.1. The molecule has 0 fully saturated rings. The number of hydrogen-bond donors (Lipinski definition) is 1. The van der Waals surface area contributed by atoms with E-state index in [-0.39, 0.29) is 11.5 Å². The molecule has 8 heteroatoms. The smallest absolute Gasteiger partial charge is 0.267 e. The Morgan fingerprint density at radius 3 is 2.45 bits per heavy atom. The molecule has 1 amide bonds. The zero-order valence-corrected chi connectivity index (χ0v) is 22.9. The minimum Gasteiger partial charge on any atom is -0.314 e. The van der Waals surface area contributed by atoms with E-state index in [0.717, 1.165) is 15.6 Å². The van der Waals surface area contributed by atoms with E-state index in [1.807, 2.05) is 80.6 Å². The lowest BCUT2D eigenvalue weighted by Crippen LogP contribution is -2.48. The molecule has 0 aliphatic rings. The standard InChI is InChI=1S/C30H29ClN4O2S/c1-3-22(35(24(32)4-2)30(37)28-26(31)20-14-8-9-15-23(20)38-28)27-21(18-19-12-6-5-7-13-19)29(36)34-17-11-10-16-25(34)33-27/h5-17,22,24H,3-4,18,32H2,1-2H3. The van der Waals surface area contributed by atoms with Gasteiger partial charge in [0.25, 0.3) is 11.5 Å². The van der Waals surface area contributed by atoms with Gasteiger partial charge in [-0.3, -0.25) is 14.0 Å². The van der Waals surface area contributed by atoms with E-state index in [1.165, 1.54) is 11.3 Å². The molecular formula is C30H29ClN4O2S. The molecule has 194 valence electrons. The van der Waals surface area contributed by atoms with E-state index in [0.29, 0.717) is 46.1 Å². The van der Waals surface area contributed by atoms with Crippen LogP contribution in [0.2, 0.25) is 5.02 Å². The van der Waals surface area contributed by atoms with Crippen LogP contribution < -0.4 is 11.3 Å². The topological polar surface area (TPSA) is 80.7 Å². The van der Waals surface area contributed by atoms with Gasteiger partial charge in [0.05, 0.1) is 22.9 Å². The van der Waals surface area contributed by atoms with Crippen molar-refractivity contribution in [1.82, 2.24) is 14.3 Å². The first-order valence-electron chi connectivity index (χ1n) is 12.7. The highest BCUT2D eigenvalue weighted by Crippen LogP contribution is 2.38. The van der Waals surface area contributed by atoms with Gasteiger partial charge in [-0.1, -0.05) is 80.0 Å². The van der Waals surface area contributed by atoms with Crippen LogP contribution in [0.15, 0.2) is 83.8 Å². The molecule has 6 nitrogen and oxygen atoms in total. The highest BCUT2D eigenvalue weighted by Gasteiger charge is 2.34. The predicted octanol–water partition coefficient (Wildman–Crippen LogP) is 6.44. The number of halogens is 1. The average molecular weight is 545 g/mol. The highest BCUT2D eigenvalue weighted by atomic mass is 35.5. The zero-order chi connectivity index (χ0) is 26.8. The second-order valence-corrected chi connectivity index (χ2v) is 10.7. The quantitative estimate of drug-likeness (QED) is 0.228. The van der Waals surface area contributed by atoms with Crippen LogP contribution in [0.3, 0.4) is 0 Å². The van der Waals surface area contributed by atoms with Crippen molar-refractivity contribution >= 4 is 44.6 Å². The van der Waals surface area contributed by atoms with E-state index in [4.69, 9.17) is 22.3 Å². The van der Waals surface area contributed by atoms with Crippen molar-refractivity contribution < 1.29 is 4.79 Å². The van der Waals surface area contributed by atoms with E-state index in [9.17, 15) is 9.59 Å². The molecule has 3 aromatic heterocycles. The number of hydrogen-bond acceptors (Lipinski definition) is 5. The van der Waals surface area contributed by atoms with Crippen LogP contribution in [0.1, 0.15) is 59.2 Å². The summed E-state index contributed by atoms with van der Waals surface area (Å²) in [5, 5.41) is 1.27. The Balaban J connectivity index is 1.69. The number of nitrogens with two attached hydrogens (primary N) is 1. The molecule has 0 spiro atoms. The largest absolute Gasteiger partial charge is 0.314 e. The molecule has 0 radical (unpaired) electrons. The molecule has 0 saturated heterocycles. The Hall–Kier alpha value is -3.52. The van der Waals surface area contributed by atoms with E-state index < -0.39 is 12.2 Å². The Kier molecular flexibility index (Phi) is 7.61. The number of thiophene rings is 1. The van der Waals surface area contributed by atoms with E-state index in [2.05, 4.69) is 0 Å². The molecule has 5 aromatic rings. The number of fused-ring (bicyclic) bond motifs is 2. The van der Waals surface area contributed by atoms with Crippen LogP contribution in [0.4, 0.5) is 0 Å². The summed E-state index contributed by atoms with van der Waals surface area (Å²) in [4.78, 5) is 35.1. The molecule has 0 saturated carbocycles. The summed E-state index contributed by atoms with van der Waals surface area (Å²) in [5.41, 5.74) is 9.11. The average Bonchev–Trinajstić information content (AvgIpc) is 3.29. The number of aromatic nitrogens is 2. The van der Waals surface area contributed by atoms with Crippen LogP contribution in [0.25, 0.3) is 15.7 Å². The Bertz CT molecular complexity index is 1660. The number of carbonyl (C=O) groups is 1. The number of pyridine rings is 1. The Labute approximate surface area is 230 Å². The van der Waals surface area contributed by atoms with Crippen LogP contribution in [0.5, 0.6) is 0 Å². The van der Waals surface area contributed by atoms with Gasteiger partial charge in [-0.25, -0.2) is 4.98 Å². The first kappa shape index (κ1) is 26.1. The Morgan fingerprint density at radius 1 is 1.03 bits per heavy atom. The van der Waals surface area contributed by atoms with Crippen LogP contribution in [-0.2, 0) is 6.42 Å². The van der Waals surface area contributed by atoms with Gasteiger partial charge in [-0.2, -0.15) is 0 Å². The lowest BCUT2D eigenvalue weighted by atomic mass is 9.97. The Morgan fingerprint density at radius 2 is 1.74 bits per heavy atom. The van der Waals surface area contributed by atoms with Crippen LogP contribution in [-0.4, -0.2) is 26.4 Å². The lowest BCUT2D eigenvalue weighted by molar-refractivity contribution is 0.0558. The van der Waals surface area contributed by atoms with Gasteiger partial charge in [0.1, 0.15) is 10.5 Å². The molecule has 2 atom stereocenters. The van der Waals surface area contributed by atoms with E-state index >= 15 is 0 Å². The summed E-state index contributed by atoms with van der Waals surface area (Å²) < 4.78 is 2.49. The van der Waals surface area contributed by atoms with Crippen molar-refractivity contribution in [3.8, 4) is 0 Å². The van der Waals surface area contributed by atoms with Gasteiger partial charge in [-0.05, 0) is 36.6 Å². The van der Waals surface area contributed by atoms with Gasteiger partial charge in [0.15, 0.2) is 0 Å². The summed E-state index contributed by atoms with van der Waals surface area (Å²) in [7, 11) is 0. The summed E-state index contributed by atoms with van der Waals surface area (Å²) in [6, 6.07) is 22.5. The third-order valence-electron chi connectivity index (χ3n) is 6.86. The summed E-state index contributed by atoms with van der Waals surface area (Å²) in [6.07, 6.45) is 2.59. The monoisotopic (exact) mass is 544 g/mol. The third-order valence-corrected chi connectivity index (χ3v) is 8.52. The molecule has 3 heterocycles. The molecule has 2 N–H and O–H groups in total. The maximum Gasteiger partial charge on any atom is 0.267 e. The minimum absolute atomic E-state index is 0.148. The first-order chi connectivity index (χ1) is 18.4. The van der Waals surface area contributed by atoms with Gasteiger partial charge in [0, 0.05) is 28.3 Å². The van der Waals surface area contributed by atoms with Crippen molar-refractivity contribution in [3.63, 3.8) is 0 Å². The molecule has 2 aromatic carbocycles. The van der Waals surface area contributed by atoms with Crippen molar-refractivity contribution in [3.05, 3.63) is 116 Å².